The third-order valence-corrected chi connectivity index (χ3v) is 4.16. The lowest BCUT2D eigenvalue weighted by Gasteiger charge is -2.14. The number of carbonyl (C=O) groups is 2. The Morgan fingerprint density at radius 2 is 1.92 bits per heavy atom. The van der Waals surface area contributed by atoms with Crippen molar-refractivity contribution in [2.24, 2.45) is 5.92 Å². The van der Waals surface area contributed by atoms with Crippen LogP contribution < -0.4 is 10.6 Å². The summed E-state index contributed by atoms with van der Waals surface area (Å²) in [6.07, 6.45) is 0.169. The van der Waals surface area contributed by atoms with Crippen molar-refractivity contribution in [1.29, 1.82) is 0 Å². The van der Waals surface area contributed by atoms with Crippen LogP contribution in [0.1, 0.15) is 30.9 Å². The SMILES string of the molecule is CC(C)C1C(=O)Nc2ccc(NC(=O)Cc3ccc(F)cc3)cc21. The number of halogens is 1. The van der Waals surface area contributed by atoms with Gasteiger partial charge in [0.05, 0.1) is 12.3 Å². The van der Waals surface area contributed by atoms with Crippen LogP contribution in [0.3, 0.4) is 0 Å². The predicted octanol–water partition coefficient (Wildman–Crippen LogP) is 3.70. The van der Waals surface area contributed by atoms with E-state index in [2.05, 4.69) is 10.6 Å². The van der Waals surface area contributed by atoms with Crippen molar-refractivity contribution in [3.63, 3.8) is 0 Å². The summed E-state index contributed by atoms with van der Waals surface area (Å²) in [6.45, 7) is 4.00. The molecule has 1 unspecified atom stereocenters. The van der Waals surface area contributed by atoms with E-state index in [1.165, 1.54) is 12.1 Å². The van der Waals surface area contributed by atoms with Crippen molar-refractivity contribution in [3.05, 3.63) is 59.4 Å². The van der Waals surface area contributed by atoms with E-state index in [4.69, 9.17) is 0 Å². The molecule has 0 bridgehead atoms. The minimum absolute atomic E-state index is 0.00483. The van der Waals surface area contributed by atoms with Crippen molar-refractivity contribution in [3.8, 4) is 0 Å². The number of hydrogen-bond acceptors (Lipinski definition) is 2. The van der Waals surface area contributed by atoms with Gasteiger partial charge in [0.2, 0.25) is 11.8 Å². The summed E-state index contributed by atoms with van der Waals surface area (Å²) in [5.74, 6) is -0.533. The Labute approximate surface area is 140 Å². The minimum atomic E-state index is -0.324. The molecule has 2 N–H and O–H groups in total. The Hall–Kier alpha value is -2.69. The van der Waals surface area contributed by atoms with Crippen molar-refractivity contribution in [1.82, 2.24) is 0 Å². The number of carbonyl (C=O) groups excluding carboxylic acids is 2. The molecule has 1 aliphatic rings. The van der Waals surface area contributed by atoms with E-state index in [1.807, 2.05) is 26.0 Å². The summed E-state index contributed by atoms with van der Waals surface area (Å²) in [6, 6.07) is 11.3. The molecule has 5 heteroatoms. The van der Waals surface area contributed by atoms with E-state index >= 15 is 0 Å². The van der Waals surface area contributed by atoms with Gasteiger partial charge >= 0.3 is 0 Å². The highest BCUT2D eigenvalue weighted by atomic mass is 19.1. The highest BCUT2D eigenvalue weighted by molar-refractivity contribution is 6.04. The maximum atomic E-state index is 12.9. The molecule has 124 valence electrons. The van der Waals surface area contributed by atoms with Gasteiger partial charge in [-0.25, -0.2) is 4.39 Å². The number of nitrogens with one attached hydrogen (secondary N) is 2. The highest BCUT2D eigenvalue weighted by Gasteiger charge is 2.32. The largest absolute Gasteiger partial charge is 0.326 e. The topological polar surface area (TPSA) is 58.2 Å². The number of benzene rings is 2. The van der Waals surface area contributed by atoms with Crippen molar-refractivity contribution < 1.29 is 14.0 Å². The van der Waals surface area contributed by atoms with Crippen LogP contribution in [0.15, 0.2) is 42.5 Å². The van der Waals surface area contributed by atoms with Crippen molar-refractivity contribution in [2.45, 2.75) is 26.2 Å². The lowest BCUT2D eigenvalue weighted by molar-refractivity contribution is -0.118. The third-order valence-electron chi connectivity index (χ3n) is 4.16. The lowest BCUT2D eigenvalue weighted by Crippen LogP contribution is -2.17. The fourth-order valence-corrected chi connectivity index (χ4v) is 3.02. The molecule has 0 spiro atoms. The molecule has 0 fully saturated rings. The van der Waals surface area contributed by atoms with Gasteiger partial charge in [-0.1, -0.05) is 26.0 Å². The summed E-state index contributed by atoms with van der Waals surface area (Å²) >= 11 is 0. The minimum Gasteiger partial charge on any atom is -0.326 e. The number of fused-ring (bicyclic) bond motifs is 1. The lowest BCUT2D eigenvalue weighted by atomic mass is 9.89. The molecule has 0 aromatic heterocycles. The second-order valence-electron chi connectivity index (χ2n) is 6.36. The normalized spacial score (nSPS) is 16.0. The molecule has 1 aliphatic heterocycles. The molecule has 0 saturated heterocycles. The summed E-state index contributed by atoms with van der Waals surface area (Å²) in [4.78, 5) is 24.2. The summed E-state index contributed by atoms with van der Waals surface area (Å²) in [5.41, 5.74) is 3.11. The smallest absolute Gasteiger partial charge is 0.232 e. The maximum absolute atomic E-state index is 12.9. The fourth-order valence-electron chi connectivity index (χ4n) is 3.02. The first kappa shape index (κ1) is 16.2. The fraction of sp³-hybridized carbons (Fsp3) is 0.263. The van der Waals surface area contributed by atoms with Crippen molar-refractivity contribution >= 4 is 23.2 Å². The molecule has 2 aromatic rings. The zero-order chi connectivity index (χ0) is 17.3. The van der Waals surface area contributed by atoms with E-state index in [0.29, 0.717) is 5.69 Å². The number of rotatable bonds is 4. The molecule has 4 nitrogen and oxygen atoms in total. The van der Waals surface area contributed by atoms with Crippen LogP contribution in [0.4, 0.5) is 15.8 Å². The second kappa shape index (κ2) is 6.43. The molecule has 0 radical (unpaired) electrons. The van der Waals surface area contributed by atoms with E-state index in [0.717, 1.165) is 16.8 Å². The standard InChI is InChI=1S/C19H19FN2O2/c1-11(2)18-15-10-14(7-8-16(15)22-19(18)24)21-17(23)9-12-3-5-13(20)6-4-12/h3-8,10-11,18H,9H2,1-2H3,(H,21,23)(H,22,24). The molecule has 1 heterocycles. The van der Waals surface area contributed by atoms with Crippen molar-refractivity contribution in [2.75, 3.05) is 10.6 Å². The molecule has 24 heavy (non-hydrogen) atoms. The summed E-state index contributed by atoms with van der Waals surface area (Å²) in [7, 11) is 0. The quantitative estimate of drug-likeness (QED) is 0.900. The van der Waals surface area contributed by atoms with E-state index in [9.17, 15) is 14.0 Å². The Morgan fingerprint density at radius 1 is 1.21 bits per heavy atom. The first-order chi connectivity index (χ1) is 11.4. The van der Waals surface area contributed by atoms with Gasteiger partial charge in [-0.15, -0.1) is 0 Å². The van der Waals surface area contributed by atoms with Crippen LogP contribution in [0.25, 0.3) is 0 Å². The second-order valence-corrected chi connectivity index (χ2v) is 6.36. The molecular weight excluding hydrogens is 307 g/mol. The molecule has 0 saturated carbocycles. The van der Waals surface area contributed by atoms with Gasteiger partial charge < -0.3 is 10.6 Å². The Bertz CT molecular complexity index is 784. The van der Waals surface area contributed by atoms with Crippen LogP contribution in [0.5, 0.6) is 0 Å². The Kier molecular flexibility index (Phi) is 4.34. The zero-order valence-electron chi connectivity index (χ0n) is 13.6. The van der Waals surface area contributed by atoms with E-state index in [1.54, 1.807) is 18.2 Å². The van der Waals surface area contributed by atoms with Gasteiger partial charge in [0.25, 0.3) is 0 Å². The number of anilines is 2. The Morgan fingerprint density at radius 3 is 2.58 bits per heavy atom. The third kappa shape index (κ3) is 3.30. The monoisotopic (exact) mass is 326 g/mol. The highest BCUT2D eigenvalue weighted by Crippen LogP contribution is 2.38. The van der Waals surface area contributed by atoms with Crippen LogP contribution in [0.2, 0.25) is 0 Å². The van der Waals surface area contributed by atoms with Gasteiger partial charge in [-0.2, -0.15) is 0 Å². The summed E-state index contributed by atoms with van der Waals surface area (Å²) in [5, 5.41) is 5.70. The molecule has 3 rings (SSSR count). The van der Waals surface area contributed by atoms with E-state index < -0.39 is 0 Å². The Balaban J connectivity index is 1.73. The molecule has 0 aliphatic carbocycles. The first-order valence-electron chi connectivity index (χ1n) is 7.93. The predicted molar refractivity (Wildman–Crippen MR) is 91.4 cm³/mol. The molecular formula is C19H19FN2O2. The van der Waals surface area contributed by atoms with Crippen LogP contribution >= 0.6 is 0 Å². The van der Waals surface area contributed by atoms with Gasteiger partial charge in [0, 0.05) is 11.4 Å². The number of amides is 2. The van der Waals surface area contributed by atoms with Crippen LogP contribution in [-0.2, 0) is 16.0 Å². The van der Waals surface area contributed by atoms with Gasteiger partial charge in [0.1, 0.15) is 5.82 Å². The van der Waals surface area contributed by atoms with Gasteiger partial charge in [0.15, 0.2) is 0 Å². The van der Waals surface area contributed by atoms with Crippen LogP contribution in [-0.4, -0.2) is 11.8 Å². The zero-order valence-corrected chi connectivity index (χ0v) is 13.6. The molecule has 2 amide bonds. The summed E-state index contributed by atoms with van der Waals surface area (Å²) < 4.78 is 12.9. The number of hydrogen-bond donors (Lipinski definition) is 2. The maximum Gasteiger partial charge on any atom is 0.232 e. The molecule has 2 aromatic carbocycles. The average molecular weight is 326 g/mol. The molecule has 1 atom stereocenters. The van der Waals surface area contributed by atoms with Gasteiger partial charge in [-0.05, 0) is 47.4 Å². The average Bonchev–Trinajstić information content (AvgIpc) is 2.84. The first-order valence-corrected chi connectivity index (χ1v) is 7.93. The van der Waals surface area contributed by atoms with E-state index in [-0.39, 0.29) is 35.9 Å². The van der Waals surface area contributed by atoms with Crippen LogP contribution in [0, 0.1) is 11.7 Å². The van der Waals surface area contributed by atoms with Gasteiger partial charge in [-0.3, -0.25) is 9.59 Å².